The number of ketones is 1. The quantitative estimate of drug-likeness (QED) is 0.282. The van der Waals surface area contributed by atoms with Gasteiger partial charge in [-0.25, -0.2) is 0 Å². The first-order valence-corrected chi connectivity index (χ1v) is 14.9. The molecule has 0 saturated carbocycles. The van der Waals surface area contributed by atoms with Crippen LogP contribution in [0.25, 0.3) is 10.0 Å². The van der Waals surface area contributed by atoms with Gasteiger partial charge in [0.05, 0.1) is 0 Å². The number of hydrogen-bond acceptors (Lipinski definition) is 3. The number of halogens is 1. The Hall–Kier alpha value is -1.99. The summed E-state index contributed by atoms with van der Waals surface area (Å²) >= 11 is 2.54. The van der Waals surface area contributed by atoms with Crippen molar-refractivity contribution < 1.29 is 9.90 Å². The summed E-state index contributed by atoms with van der Waals surface area (Å²) in [6.45, 7) is 4.44. The zero-order chi connectivity index (χ0) is 21.0. The van der Waals surface area contributed by atoms with Crippen LogP contribution in [0.2, 0.25) is 6.55 Å². The molecule has 0 bridgehead atoms. The molecule has 2 heterocycles. The molecule has 30 heavy (non-hydrogen) atoms. The van der Waals surface area contributed by atoms with Gasteiger partial charge >= 0.3 is 197 Å². The molecule has 1 N–H and O–H groups in total. The molecule has 6 heteroatoms. The number of fused-ring (bicyclic) bond motifs is 2. The average Bonchev–Trinajstić information content (AvgIpc) is 3.07. The van der Waals surface area contributed by atoms with Crippen molar-refractivity contribution in [2.75, 3.05) is 0 Å². The van der Waals surface area contributed by atoms with Crippen molar-refractivity contribution in [3.8, 4) is 15.8 Å². The maximum absolute atomic E-state index is 12.4. The van der Waals surface area contributed by atoms with Crippen LogP contribution < -0.4 is 10.4 Å². The Bertz CT molecular complexity index is 1290. The molecule has 2 aliphatic rings. The second kappa shape index (κ2) is 7.30. The molecule has 0 spiro atoms. The van der Waals surface area contributed by atoms with E-state index >= 15 is 0 Å². The zero-order valence-electron chi connectivity index (χ0n) is 16.4. The van der Waals surface area contributed by atoms with Gasteiger partial charge in [0.2, 0.25) is 0 Å². The molecule has 0 fully saturated rings. The Morgan fingerprint density at radius 2 is 1.87 bits per heavy atom. The van der Waals surface area contributed by atoms with E-state index in [9.17, 15) is 9.90 Å². The molecule has 1 atom stereocenters. The first kappa shape index (κ1) is 19.9. The van der Waals surface area contributed by atoms with Gasteiger partial charge in [-0.05, 0) is 0 Å². The van der Waals surface area contributed by atoms with Crippen molar-refractivity contribution in [2.45, 2.75) is 13.5 Å². The Labute approximate surface area is 195 Å². The minimum absolute atomic E-state index is 0.000111. The number of aliphatic imine (C=N–C) groups is 1. The number of phenolic OH excluding ortho intramolecular Hbond substituents is 1. The van der Waals surface area contributed by atoms with Crippen molar-refractivity contribution in [1.29, 1.82) is 0 Å². The molecular weight excluding hydrogens is 568 g/mol. The molecule has 148 valence electrons. The maximum atomic E-state index is 12.4. The summed E-state index contributed by atoms with van der Waals surface area (Å²) in [4.78, 5) is 17.3. The van der Waals surface area contributed by atoms with E-state index < -0.39 is 8.07 Å². The molecule has 1 aliphatic heterocycles. The number of carbonyl (C=O) groups excluding carboxylic acids is 1. The van der Waals surface area contributed by atoms with Crippen LogP contribution in [-0.4, -0.2) is 39.2 Å². The third-order valence-electron chi connectivity index (χ3n) is 5.86. The summed E-state index contributed by atoms with van der Waals surface area (Å²) in [5, 5.41) is 14.4. The van der Waals surface area contributed by atoms with Gasteiger partial charge in [-0.15, -0.1) is 0 Å². The zero-order valence-corrected chi connectivity index (χ0v) is 21.3. The van der Waals surface area contributed by atoms with Crippen molar-refractivity contribution >= 4 is 72.7 Å². The molecule has 0 radical (unpaired) electrons. The van der Waals surface area contributed by atoms with E-state index in [0.717, 1.165) is 27.3 Å². The second-order valence-corrected chi connectivity index (χ2v) is 15.3. The van der Waals surface area contributed by atoms with Crippen LogP contribution in [0.5, 0.6) is 5.75 Å². The van der Waals surface area contributed by atoms with E-state index in [1.54, 1.807) is 18.2 Å². The van der Waals surface area contributed by atoms with Crippen LogP contribution in [0.4, 0.5) is 5.69 Å². The van der Waals surface area contributed by atoms with Crippen molar-refractivity contribution in [2.24, 2.45) is 4.99 Å². The first-order chi connectivity index (χ1) is 14.4. The van der Waals surface area contributed by atoms with Crippen LogP contribution in [0.15, 0.2) is 76.9 Å². The van der Waals surface area contributed by atoms with Gasteiger partial charge in [-0.2, -0.15) is 0 Å². The topological polar surface area (TPSA) is 49.7 Å². The van der Waals surface area contributed by atoms with Crippen LogP contribution >= 0.6 is 22.6 Å². The number of phenols is 1. The third-order valence-corrected chi connectivity index (χ3v) is 14.5. The Kier molecular flexibility index (Phi) is 4.85. The van der Waals surface area contributed by atoms with Crippen molar-refractivity contribution in [3.05, 3.63) is 80.0 Å². The van der Waals surface area contributed by atoms with Crippen LogP contribution in [0.1, 0.15) is 4.44 Å². The average molecular weight is 586 g/mol. The predicted octanol–water partition coefficient (Wildman–Crippen LogP) is 3.91. The summed E-state index contributed by atoms with van der Waals surface area (Å²) in [7, 11) is -2.58. The molecule has 3 aromatic rings. The fourth-order valence-corrected chi connectivity index (χ4v) is 12.2. The summed E-state index contributed by atoms with van der Waals surface area (Å²) in [5.74, 6) is 0.299. The molecule has 0 amide bonds. The van der Waals surface area contributed by atoms with E-state index in [1.807, 2.05) is 18.2 Å². The molecule has 1 unspecified atom stereocenters. The van der Waals surface area contributed by atoms with Crippen molar-refractivity contribution in [1.82, 2.24) is 0 Å². The number of rotatable bonds is 2. The standard InChI is InChI=1S/C24H18INO2SeSi/c1-14-17(25)13-21(29-14)23-20(28)11-10-19-24(23)30(2,16-6-4-3-5-7-16)22-12-15(27)8-9-18(22)26-19/h3-13,28H,1-2H3. The molecule has 3 nitrogen and oxygen atoms in total. The number of benzene rings is 2. The Morgan fingerprint density at radius 1 is 1.10 bits per heavy atom. The van der Waals surface area contributed by atoms with Crippen LogP contribution in [0.3, 0.4) is 0 Å². The van der Waals surface area contributed by atoms with Crippen LogP contribution in [-0.2, 0) is 4.79 Å². The summed E-state index contributed by atoms with van der Waals surface area (Å²) in [6, 6.07) is 16.3. The van der Waals surface area contributed by atoms with E-state index in [2.05, 4.69) is 66.4 Å². The summed E-state index contributed by atoms with van der Waals surface area (Å²) in [5.41, 5.74) is 2.69. The van der Waals surface area contributed by atoms with E-state index in [-0.39, 0.29) is 20.3 Å². The van der Waals surface area contributed by atoms with E-state index in [0.29, 0.717) is 5.75 Å². The second-order valence-electron chi connectivity index (χ2n) is 7.65. The minimum atomic E-state index is -2.58. The van der Waals surface area contributed by atoms with Gasteiger partial charge in [0.1, 0.15) is 0 Å². The van der Waals surface area contributed by atoms with Crippen molar-refractivity contribution in [3.63, 3.8) is 0 Å². The number of allylic oxidation sites excluding steroid dienone is 4. The fraction of sp³-hybridized carbons (Fsp3) is 0.0833. The van der Waals surface area contributed by atoms with Gasteiger partial charge < -0.3 is 0 Å². The molecule has 1 aromatic heterocycles. The van der Waals surface area contributed by atoms with Gasteiger partial charge in [-0.3, -0.25) is 0 Å². The number of aryl methyl sites for hydroxylation is 1. The van der Waals surface area contributed by atoms with Gasteiger partial charge in [-0.1, -0.05) is 0 Å². The monoisotopic (exact) mass is 587 g/mol. The summed E-state index contributed by atoms with van der Waals surface area (Å²) in [6.07, 6.45) is 5.19. The molecule has 1 aliphatic carbocycles. The predicted molar refractivity (Wildman–Crippen MR) is 135 cm³/mol. The Morgan fingerprint density at radius 3 is 2.57 bits per heavy atom. The van der Waals surface area contributed by atoms with Crippen LogP contribution in [0, 0.1) is 10.5 Å². The number of hydrogen-bond donors (Lipinski definition) is 1. The number of nitrogens with zero attached hydrogens (tertiary/aromatic N) is 1. The van der Waals surface area contributed by atoms with E-state index in [4.69, 9.17) is 4.99 Å². The summed E-state index contributed by atoms with van der Waals surface area (Å²) < 4.78 is 3.80. The van der Waals surface area contributed by atoms with E-state index in [1.165, 1.54) is 17.6 Å². The van der Waals surface area contributed by atoms with Gasteiger partial charge in [0.25, 0.3) is 0 Å². The fourth-order valence-electron chi connectivity index (χ4n) is 4.36. The molecular formula is C24H18INO2SeSi. The number of carbonyl (C=O) groups is 1. The third kappa shape index (κ3) is 2.97. The van der Waals surface area contributed by atoms with Gasteiger partial charge in [0.15, 0.2) is 0 Å². The number of aromatic hydroxyl groups is 1. The Balaban J connectivity index is 1.92. The molecule has 0 saturated heterocycles. The van der Waals surface area contributed by atoms with Gasteiger partial charge in [0, 0.05) is 0 Å². The SMILES string of the molecule is Cc1[se]c(-c2c(O)ccc3c2[Si](C)(c2ccccc2)C2=CC(=O)C=CC2=N3)cc1I. The molecule has 5 rings (SSSR count). The molecule has 2 aromatic carbocycles. The first-order valence-electron chi connectivity index (χ1n) is 9.61. The normalized spacial score (nSPS) is 19.8.